The van der Waals surface area contributed by atoms with E-state index < -0.39 is 0 Å². The predicted molar refractivity (Wildman–Crippen MR) is 235 cm³/mol. The number of para-hydroxylation sites is 1. The molecule has 0 saturated carbocycles. The summed E-state index contributed by atoms with van der Waals surface area (Å²) in [4.78, 5) is 13.3. The summed E-state index contributed by atoms with van der Waals surface area (Å²) >= 11 is 0. The average Bonchev–Trinajstić information content (AvgIpc) is 3.61. The van der Waals surface area contributed by atoms with Gasteiger partial charge in [0, 0.05) is 40.0 Å². The Balaban J connectivity index is 1.28. The molecule has 4 nitrogen and oxygen atoms in total. The van der Waals surface area contributed by atoms with Crippen LogP contribution < -0.4 is 0 Å². The minimum Gasteiger partial charge on any atom is -0.333 e. The summed E-state index contributed by atoms with van der Waals surface area (Å²) in [5.74, 6) is 1.60. The smallest absolute Gasteiger partial charge is 0.160 e. The first-order valence-electron chi connectivity index (χ1n) is 19.2. The first-order valence-corrected chi connectivity index (χ1v) is 19.2. The molecule has 0 amide bonds. The van der Waals surface area contributed by atoms with Gasteiger partial charge in [-0.3, -0.25) is 0 Å². The van der Waals surface area contributed by atoms with Crippen molar-refractivity contribution in [3.8, 4) is 16.8 Å². The molecule has 1 aliphatic rings. The van der Waals surface area contributed by atoms with Gasteiger partial charge < -0.3 is 9.47 Å². The second kappa shape index (κ2) is 12.9. The van der Waals surface area contributed by atoms with Gasteiger partial charge in [-0.05, 0) is 67.9 Å². The number of amidine groups is 2. The van der Waals surface area contributed by atoms with Crippen LogP contribution in [0.3, 0.4) is 0 Å². The van der Waals surface area contributed by atoms with E-state index >= 15 is 0 Å². The first kappa shape index (κ1) is 32.2. The second-order valence-corrected chi connectivity index (χ2v) is 14.6. The lowest BCUT2D eigenvalue weighted by Gasteiger charge is -2.32. The van der Waals surface area contributed by atoms with E-state index in [2.05, 4.69) is 211 Å². The average molecular weight is 717 g/mol. The highest BCUT2D eigenvalue weighted by Gasteiger charge is 2.28. The summed E-state index contributed by atoms with van der Waals surface area (Å²) in [5.41, 5.74) is 8.93. The lowest BCUT2D eigenvalue weighted by molar-refractivity contribution is 0.383. The molecular formula is C52H36N4. The minimum atomic E-state index is -0.272. The van der Waals surface area contributed by atoms with Crippen LogP contribution in [-0.4, -0.2) is 28.2 Å². The Hall–Kier alpha value is -7.30. The predicted octanol–water partition coefficient (Wildman–Crippen LogP) is 12.7. The lowest BCUT2D eigenvalue weighted by atomic mass is 9.90. The van der Waals surface area contributed by atoms with Gasteiger partial charge in [-0.15, -0.1) is 0 Å². The second-order valence-electron chi connectivity index (χ2n) is 14.6. The van der Waals surface area contributed by atoms with Crippen molar-refractivity contribution in [2.45, 2.75) is 6.17 Å². The monoisotopic (exact) mass is 716 g/mol. The fourth-order valence-electron chi connectivity index (χ4n) is 8.82. The van der Waals surface area contributed by atoms with Crippen LogP contribution in [-0.2, 0) is 0 Å². The number of rotatable bonds is 5. The molecule has 0 radical (unpaired) electrons. The van der Waals surface area contributed by atoms with Gasteiger partial charge in [-0.2, -0.15) is 0 Å². The quantitative estimate of drug-likeness (QED) is 0.163. The molecule has 10 aromatic rings. The van der Waals surface area contributed by atoms with Crippen LogP contribution in [0.4, 0.5) is 0 Å². The number of nitrogens with zero attached hydrogens (tertiary/aromatic N) is 4. The summed E-state index contributed by atoms with van der Waals surface area (Å²) in [6.07, 6.45) is -0.272. The van der Waals surface area contributed by atoms with E-state index in [-0.39, 0.29) is 6.17 Å². The van der Waals surface area contributed by atoms with Gasteiger partial charge in [0.1, 0.15) is 12.0 Å². The van der Waals surface area contributed by atoms with Crippen LogP contribution in [0.5, 0.6) is 0 Å². The third kappa shape index (κ3) is 5.07. The summed E-state index contributed by atoms with van der Waals surface area (Å²) < 4.78 is 2.44. The molecule has 0 fully saturated rings. The minimum absolute atomic E-state index is 0.272. The highest BCUT2D eigenvalue weighted by Crippen LogP contribution is 2.42. The van der Waals surface area contributed by atoms with Crippen LogP contribution >= 0.6 is 0 Å². The maximum atomic E-state index is 5.56. The standard InChI is InChI=1S/C52H36N4/c1-55-51(35-19-7-3-8-20-35)53-50(54-52(55)36-21-9-4-10-22-36)46-33-38(32-45-41-25-12-11-23-39(41)40-24-13-14-27-44(40)49(45)46)56-47-28-16-15-26-42(47)43-30-29-37(31-48(43)56)34-17-5-2-6-18-34/h2-33,51H,1H3. The van der Waals surface area contributed by atoms with Crippen LogP contribution in [0.2, 0.25) is 0 Å². The van der Waals surface area contributed by atoms with E-state index in [0.717, 1.165) is 44.6 Å². The van der Waals surface area contributed by atoms with E-state index in [9.17, 15) is 0 Å². The van der Waals surface area contributed by atoms with Gasteiger partial charge in [0.05, 0.1) is 11.0 Å². The zero-order valence-corrected chi connectivity index (χ0v) is 30.8. The fourth-order valence-corrected chi connectivity index (χ4v) is 8.82. The molecule has 1 atom stereocenters. The van der Waals surface area contributed by atoms with Crippen LogP contribution in [0.1, 0.15) is 22.9 Å². The molecule has 9 aromatic carbocycles. The first-order chi connectivity index (χ1) is 27.7. The van der Waals surface area contributed by atoms with Crippen molar-refractivity contribution in [2.75, 3.05) is 7.05 Å². The largest absolute Gasteiger partial charge is 0.333 e. The van der Waals surface area contributed by atoms with E-state index in [1.54, 1.807) is 0 Å². The van der Waals surface area contributed by atoms with Crippen molar-refractivity contribution in [2.24, 2.45) is 9.98 Å². The number of fused-ring (bicyclic) bond motifs is 9. The topological polar surface area (TPSA) is 32.9 Å². The summed E-state index contributed by atoms with van der Waals surface area (Å²) in [5, 5.41) is 9.60. The molecule has 0 N–H and O–H groups in total. The van der Waals surface area contributed by atoms with Crippen molar-refractivity contribution < 1.29 is 0 Å². The maximum Gasteiger partial charge on any atom is 0.160 e. The van der Waals surface area contributed by atoms with Crippen molar-refractivity contribution in [1.82, 2.24) is 9.47 Å². The van der Waals surface area contributed by atoms with Crippen molar-refractivity contribution >= 4 is 65.8 Å². The number of benzene rings is 9. The Morgan fingerprint density at radius 2 is 0.982 bits per heavy atom. The molecular weight excluding hydrogens is 681 g/mol. The summed E-state index contributed by atoms with van der Waals surface area (Å²) in [6, 6.07) is 69.7. The van der Waals surface area contributed by atoms with Crippen LogP contribution in [0.25, 0.3) is 70.9 Å². The van der Waals surface area contributed by atoms with E-state index in [0.29, 0.717) is 5.84 Å². The number of hydrogen-bond acceptors (Lipinski definition) is 3. The number of aromatic nitrogens is 1. The zero-order valence-electron chi connectivity index (χ0n) is 30.8. The SMILES string of the molecule is CN1C(c2ccccc2)=NC(c2cc(-n3c4ccccc4c4ccc(-c5ccccc5)cc43)cc3c4ccccc4c4ccccc4c23)=NC1c1ccccc1. The van der Waals surface area contributed by atoms with Crippen molar-refractivity contribution in [3.63, 3.8) is 0 Å². The molecule has 1 aromatic heterocycles. The summed E-state index contributed by atoms with van der Waals surface area (Å²) in [7, 11) is 2.10. The normalized spacial score (nSPS) is 14.5. The van der Waals surface area contributed by atoms with Gasteiger partial charge in [-0.25, -0.2) is 9.98 Å². The van der Waals surface area contributed by atoms with Crippen molar-refractivity contribution in [1.29, 1.82) is 0 Å². The Labute approximate surface area is 324 Å². The van der Waals surface area contributed by atoms with E-state index in [1.165, 1.54) is 48.8 Å². The molecule has 1 aliphatic heterocycles. The molecule has 11 rings (SSSR count). The third-order valence-electron chi connectivity index (χ3n) is 11.4. The van der Waals surface area contributed by atoms with E-state index in [4.69, 9.17) is 9.98 Å². The van der Waals surface area contributed by atoms with Crippen molar-refractivity contribution in [3.05, 3.63) is 211 Å². The molecule has 4 heteroatoms. The van der Waals surface area contributed by atoms with Gasteiger partial charge in [0.15, 0.2) is 5.84 Å². The summed E-state index contributed by atoms with van der Waals surface area (Å²) in [6.45, 7) is 0. The molecule has 0 spiro atoms. The van der Waals surface area contributed by atoms with Gasteiger partial charge in [0.2, 0.25) is 0 Å². The molecule has 2 heterocycles. The number of aliphatic imine (C=N–C) groups is 2. The zero-order chi connectivity index (χ0) is 37.2. The van der Waals surface area contributed by atoms with Gasteiger partial charge >= 0.3 is 0 Å². The maximum absolute atomic E-state index is 5.56. The third-order valence-corrected chi connectivity index (χ3v) is 11.4. The molecule has 264 valence electrons. The Morgan fingerprint density at radius 3 is 1.70 bits per heavy atom. The number of hydrogen-bond donors (Lipinski definition) is 0. The molecule has 0 saturated heterocycles. The Bertz CT molecular complexity index is 3200. The lowest BCUT2D eigenvalue weighted by Crippen LogP contribution is -2.35. The Morgan fingerprint density at radius 1 is 0.429 bits per heavy atom. The Kier molecular flexibility index (Phi) is 7.42. The fraction of sp³-hybridized carbons (Fsp3) is 0.0385. The highest BCUT2D eigenvalue weighted by molar-refractivity contribution is 6.31. The molecule has 1 unspecified atom stereocenters. The van der Waals surface area contributed by atoms with Crippen LogP contribution in [0.15, 0.2) is 204 Å². The molecule has 0 aliphatic carbocycles. The molecule has 0 bridgehead atoms. The van der Waals surface area contributed by atoms with Gasteiger partial charge in [-0.1, -0.05) is 170 Å². The highest BCUT2D eigenvalue weighted by atomic mass is 15.3. The molecule has 56 heavy (non-hydrogen) atoms. The van der Waals surface area contributed by atoms with E-state index in [1.807, 2.05) is 0 Å². The van der Waals surface area contributed by atoms with Gasteiger partial charge in [0.25, 0.3) is 0 Å². The van der Waals surface area contributed by atoms with Crippen LogP contribution in [0, 0.1) is 0 Å².